The van der Waals surface area contributed by atoms with E-state index in [1.54, 1.807) is 12.1 Å². The third-order valence-corrected chi connectivity index (χ3v) is 5.83. The second-order valence-electron chi connectivity index (χ2n) is 7.56. The van der Waals surface area contributed by atoms with E-state index in [-0.39, 0.29) is 5.69 Å². The Labute approximate surface area is 169 Å². The van der Waals surface area contributed by atoms with Crippen molar-refractivity contribution in [3.05, 3.63) is 47.9 Å². The van der Waals surface area contributed by atoms with Crippen molar-refractivity contribution in [3.8, 4) is 5.75 Å². The number of methoxy groups -OCH3 is 1. The number of nitrogens with one attached hydrogen (secondary N) is 2. The lowest BCUT2D eigenvalue weighted by Crippen LogP contribution is -2.64. The van der Waals surface area contributed by atoms with Crippen molar-refractivity contribution in [2.24, 2.45) is 5.92 Å². The molecular formula is C20H18F3N5O2. The first kappa shape index (κ1) is 18.9. The molecule has 30 heavy (non-hydrogen) atoms. The Kier molecular flexibility index (Phi) is 4.21. The number of piperidine rings is 1. The maximum atomic E-state index is 12.9. The molecule has 1 aromatic carbocycles. The monoisotopic (exact) mass is 417 g/mol. The van der Waals surface area contributed by atoms with Gasteiger partial charge in [0.25, 0.3) is 5.91 Å². The number of amides is 1. The Morgan fingerprint density at radius 3 is 2.80 bits per heavy atom. The molecule has 3 aromatic rings. The van der Waals surface area contributed by atoms with Gasteiger partial charge in [-0.05, 0) is 24.6 Å². The Balaban J connectivity index is 1.42. The fraction of sp³-hybridized carbons (Fsp3) is 0.350. The van der Waals surface area contributed by atoms with Crippen LogP contribution in [0.25, 0.3) is 10.9 Å². The SMILES string of the molecule is COc1cc2nn([C@@H]3CC4NCC43)cc2cc1NC(=O)c1cccc(C(F)(F)F)n1. The van der Waals surface area contributed by atoms with Gasteiger partial charge in [0, 0.05) is 36.2 Å². The molecule has 156 valence electrons. The third-order valence-electron chi connectivity index (χ3n) is 5.83. The third kappa shape index (κ3) is 3.07. The standard InChI is InChI=1S/C20H18F3N5O2/c1-30-17-7-13-10(9-28(27-13)16-6-14-11(16)8-24-14)5-15(17)26-19(29)12-3-2-4-18(25-12)20(21,22)23/h2-5,7,9,11,14,16,24H,6,8H2,1H3,(H,26,29)/t11?,14?,16-/m1/s1. The van der Waals surface area contributed by atoms with E-state index in [1.807, 2.05) is 10.9 Å². The van der Waals surface area contributed by atoms with Crippen LogP contribution in [0.1, 0.15) is 28.6 Å². The van der Waals surface area contributed by atoms with Crippen LogP contribution in [-0.2, 0) is 6.18 Å². The highest BCUT2D eigenvalue weighted by Crippen LogP contribution is 2.44. The van der Waals surface area contributed by atoms with Gasteiger partial charge in [0.05, 0.1) is 24.4 Å². The zero-order valence-corrected chi connectivity index (χ0v) is 15.9. The first-order valence-electron chi connectivity index (χ1n) is 9.49. The van der Waals surface area contributed by atoms with E-state index in [9.17, 15) is 18.0 Å². The van der Waals surface area contributed by atoms with Crippen molar-refractivity contribution in [2.75, 3.05) is 19.0 Å². The minimum Gasteiger partial charge on any atom is -0.494 e. The molecule has 5 rings (SSSR count). The van der Waals surface area contributed by atoms with Crippen LogP contribution in [0.4, 0.5) is 18.9 Å². The van der Waals surface area contributed by atoms with E-state index < -0.39 is 17.8 Å². The molecule has 2 aromatic heterocycles. The Morgan fingerprint density at radius 2 is 2.17 bits per heavy atom. The lowest BCUT2D eigenvalue weighted by atomic mass is 9.69. The summed E-state index contributed by atoms with van der Waals surface area (Å²) >= 11 is 0. The largest absolute Gasteiger partial charge is 0.494 e. The number of carbonyl (C=O) groups is 1. The Bertz CT molecular complexity index is 1140. The van der Waals surface area contributed by atoms with Crippen LogP contribution in [0.3, 0.4) is 0 Å². The van der Waals surface area contributed by atoms with Gasteiger partial charge in [0.15, 0.2) is 0 Å². The van der Waals surface area contributed by atoms with Crippen LogP contribution >= 0.6 is 0 Å². The Hall–Kier alpha value is -3.14. The second-order valence-corrected chi connectivity index (χ2v) is 7.56. The number of aromatic nitrogens is 3. The first-order valence-corrected chi connectivity index (χ1v) is 9.49. The number of hydrogen-bond acceptors (Lipinski definition) is 5. The summed E-state index contributed by atoms with van der Waals surface area (Å²) in [5, 5.41) is 11.4. The molecule has 10 heteroatoms. The molecule has 2 fully saturated rings. The van der Waals surface area contributed by atoms with Gasteiger partial charge in [-0.25, -0.2) is 4.98 Å². The van der Waals surface area contributed by atoms with Crippen LogP contribution in [-0.4, -0.2) is 40.4 Å². The molecule has 1 saturated heterocycles. The van der Waals surface area contributed by atoms with E-state index in [4.69, 9.17) is 4.74 Å². The van der Waals surface area contributed by atoms with Crippen molar-refractivity contribution in [2.45, 2.75) is 24.7 Å². The van der Waals surface area contributed by atoms with Gasteiger partial charge in [-0.3, -0.25) is 9.48 Å². The molecule has 1 aliphatic heterocycles. The lowest BCUT2D eigenvalue weighted by molar-refractivity contribution is -0.141. The second kappa shape index (κ2) is 6.69. The van der Waals surface area contributed by atoms with Crippen molar-refractivity contribution < 1.29 is 22.7 Å². The lowest BCUT2D eigenvalue weighted by Gasteiger charge is -2.53. The zero-order valence-electron chi connectivity index (χ0n) is 15.9. The van der Waals surface area contributed by atoms with Crippen LogP contribution < -0.4 is 15.4 Å². The zero-order chi connectivity index (χ0) is 21.0. The fourth-order valence-electron chi connectivity index (χ4n) is 4.04. The van der Waals surface area contributed by atoms with Crippen molar-refractivity contribution in [1.29, 1.82) is 0 Å². The van der Waals surface area contributed by atoms with E-state index in [1.165, 1.54) is 13.2 Å². The number of pyridine rings is 1. The minimum absolute atomic E-state index is 0.333. The molecular weight excluding hydrogens is 399 g/mol. The molecule has 0 spiro atoms. The number of halogens is 3. The summed E-state index contributed by atoms with van der Waals surface area (Å²) in [5.74, 6) is 0.200. The molecule has 1 aliphatic carbocycles. The number of ether oxygens (including phenoxy) is 1. The molecule has 1 amide bonds. The molecule has 3 heterocycles. The molecule has 3 atom stereocenters. The smallest absolute Gasteiger partial charge is 0.433 e. The van der Waals surface area contributed by atoms with E-state index >= 15 is 0 Å². The van der Waals surface area contributed by atoms with Crippen molar-refractivity contribution >= 4 is 22.5 Å². The molecule has 2 unspecified atom stereocenters. The van der Waals surface area contributed by atoms with Crippen LogP contribution in [0.2, 0.25) is 0 Å². The van der Waals surface area contributed by atoms with Crippen molar-refractivity contribution in [1.82, 2.24) is 20.1 Å². The number of carbonyl (C=O) groups excluding carboxylic acids is 1. The maximum absolute atomic E-state index is 12.9. The quantitative estimate of drug-likeness (QED) is 0.681. The fourth-order valence-corrected chi connectivity index (χ4v) is 4.04. The van der Waals surface area contributed by atoms with Gasteiger partial charge >= 0.3 is 6.18 Å². The van der Waals surface area contributed by atoms with Crippen LogP contribution in [0.15, 0.2) is 36.5 Å². The van der Waals surface area contributed by atoms with Crippen LogP contribution in [0.5, 0.6) is 5.75 Å². The number of nitrogens with zero attached hydrogens (tertiary/aromatic N) is 3. The van der Waals surface area contributed by atoms with Gasteiger partial charge in [-0.15, -0.1) is 0 Å². The maximum Gasteiger partial charge on any atom is 0.433 e. The number of benzene rings is 1. The number of fused-ring (bicyclic) bond motifs is 2. The molecule has 1 saturated carbocycles. The highest BCUT2D eigenvalue weighted by atomic mass is 19.4. The van der Waals surface area contributed by atoms with Crippen LogP contribution in [0, 0.1) is 5.92 Å². The predicted molar refractivity (Wildman–Crippen MR) is 102 cm³/mol. The molecule has 0 bridgehead atoms. The summed E-state index contributed by atoms with van der Waals surface area (Å²) in [5.41, 5.74) is -0.396. The number of rotatable bonds is 4. The summed E-state index contributed by atoms with van der Waals surface area (Å²) in [7, 11) is 1.45. The van der Waals surface area contributed by atoms with E-state index in [0.29, 0.717) is 29.4 Å². The number of anilines is 1. The summed E-state index contributed by atoms with van der Waals surface area (Å²) in [4.78, 5) is 16.0. The molecule has 2 aliphatic rings. The average molecular weight is 417 g/mol. The predicted octanol–water partition coefficient (Wildman–Crippen LogP) is 3.24. The molecule has 7 nitrogen and oxygen atoms in total. The highest BCUT2D eigenvalue weighted by molar-refractivity contribution is 6.05. The van der Waals surface area contributed by atoms with E-state index in [0.717, 1.165) is 36.0 Å². The van der Waals surface area contributed by atoms with Gasteiger partial charge in [-0.1, -0.05) is 6.07 Å². The number of hydrogen-bond donors (Lipinski definition) is 2. The van der Waals surface area contributed by atoms with Crippen molar-refractivity contribution in [3.63, 3.8) is 0 Å². The van der Waals surface area contributed by atoms with E-state index in [2.05, 4.69) is 20.7 Å². The normalized spacial score (nSPS) is 22.7. The first-order chi connectivity index (χ1) is 14.3. The van der Waals surface area contributed by atoms with Gasteiger partial charge in [0.1, 0.15) is 17.1 Å². The Morgan fingerprint density at radius 1 is 1.33 bits per heavy atom. The molecule has 0 radical (unpaired) electrons. The summed E-state index contributed by atoms with van der Waals surface area (Å²) < 4.78 is 45.9. The topological polar surface area (TPSA) is 81.1 Å². The number of alkyl halides is 3. The van der Waals surface area contributed by atoms with Gasteiger partial charge in [0.2, 0.25) is 0 Å². The summed E-state index contributed by atoms with van der Waals surface area (Å²) in [6.07, 6.45) is -1.68. The average Bonchev–Trinajstić information content (AvgIpc) is 3.11. The molecule has 2 N–H and O–H groups in total. The minimum atomic E-state index is -4.63. The van der Waals surface area contributed by atoms with Gasteiger partial charge < -0.3 is 15.4 Å². The summed E-state index contributed by atoms with van der Waals surface area (Å²) in [6.45, 7) is 0.986. The summed E-state index contributed by atoms with van der Waals surface area (Å²) in [6, 6.07) is 7.53. The van der Waals surface area contributed by atoms with Gasteiger partial charge in [-0.2, -0.15) is 18.3 Å². The highest BCUT2D eigenvalue weighted by Gasteiger charge is 2.48.